The van der Waals surface area contributed by atoms with Gasteiger partial charge in [0.05, 0.1) is 6.54 Å². The van der Waals surface area contributed by atoms with Gasteiger partial charge < -0.3 is 15.5 Å². The van der Waals surface area contributed by atoms with Crippen molar-refractivity contribution >= 4 is 29.3 Å². The molecule has 0 saturated carbocycles. The van der Waals surface area contributed by atoms with Gasteiger partial charge in [-0.2, -0.15) is 0 Å². The Balaban J connectivity index is 1.53. The van der Waals surface area contributed by atoms with Gasteiger partial charge in [0.2, 0.25) is 0 Å². The van der Waals surface area contributed by atoms with Gasteiger partial charge in [0, 0.05) is 20.1 Å². The van der Waals surface area contributed by atoms with Crippen LogP contribution in [0.4, 0.5) is 9.59 Å². The first-order chi connectivity index (χ1) is 10.9. The second-order valence-electron chi connectivity index (χ2n) is 5.74. The highest BCUT2D eigenvalue weighted by Crippen LogP contribution is 2.28. The van der Waals surface area contributed by atoms with Crippen molar-refractivity contribution in [3.63, 3.8) is 0 Å². The number of rotatable bonds is 2. The zero-order valence-electron chi connectivity index (χ0n) is 13.0. The number of aryl methyl sites for hydroxylation is 1. The summed E-state index contributed by atoms with van der Waals surface area (Å²) in [4.78, 5) is 38.8. The molecule has 0 atom stereocenters. The van der Waals surface area contributed by atoms with Gasteiger partial charge in [-0.25, -0.2) is 9.59 Å². The molecule has 1 aromatic rings. The molecular formula is C13H18N6O3S. The molecule has 0 radical (unpaired) electrons. The molecule has 2 fully saturated rings. The lowest BCUT2D eigenvalue weighted by molar-refractivity contribution is -0.131. The summed E-state index contributed by atoms with van der Waals surface area (Å²) in [6.07, 6.45) is 0.848. The lowest BCUT2D eigenvalue weighted by Crippen LogP contribution is -2.57. The third-order valence-corrected chi connectivity index (χ3v) is 5.07. The minimum atomic E-state index is -0.848. The fraction of sp³-hybridized carbons (Fsp3) is 0.615. The Labute approximate surface area is 137 Å². The van der Waals surface area contributed by atoms with Gasteiger partial charge in [-0.3, -0.25) is 9.69 Å². The smallest absolute Gasteiger partial charge is 0.324 e. The van der Waals surface area contributed by atoms with Crippen molar-refractivity contribution in [1.82, 2.24) is 30.6 Å². The molecule has 1 spiro atoms. The Kier molecular flexibility index (Phi) is 3.92. The molecule has 3 rings (SSSR count). The van der Waals surface area contributed by atoms with Gasteiger partial charge in [0.1, 0.15) is 15.6 Å². The van der Waals surface area contributed by atoms with E-state index in [1.54, 1.807) is 4.90 Å². The average molecular weight is 338 g/mol. The van der Waals surface area contributed by atoms with E-state index in [-0.39, 0.29) is 18.0 Å². The van der Waals surface area contributed by atoms with E-state index in [4.69, 9.17) is 0 Å². The highest BCUT2D eigenvalue weighted by atomic mass is 32.1. The van der Waals surface area contributed by atoms with E-state index >= 15 is 0 Å². The van der Waals surface area contributed by atoms with E-state index < -0.39 is 5.54 Å². The molecule has 124 valence electrons. The number of carbonyl (C=O) groups excluding carboxylic acids is 3. The number of urea groups is 2. The van der Waals surface area contributed by atoms with E-state index in [1.165, 1.54) is 18.4 Å². The fourth-order valence-corrected chi connectivity index (χ4v) is 3.51. The highest BCUT2D eigenvalue weighted by Gasteiger charge is 2.51. The summed E-state index contributed by atoms with van der Waals surface area (Å²) < 4.78 is 0. The third kappa shape index (κ3) is 2.85. The number of imide groups is 1. The van der Waals surface area contributed by atoms with E-state index in [1.807, 2.05) is 6.92 Å². The molecule has 2 N–H and O–H groups in total. The first-order valence-corrected chi connectivity index (χ1v) is 8.15. The van der Waals surface area contributed by atoms with Crippen LogP contribution in [0.2, 0.25) is 0 Å². The monoisotopic (exact) mass is 338 g/mol. The van der Waals surface area contributed by atoms with Crippen LogP contribution in [-0.4, -0.2) is 63.6 Å². The van der Waals surface area contributed by atoms with Crippen molar-refractivity contribution < 1.29 is 14.4 Å². The fourth-order valence-electron chi connectivity index (χ4n) is 2.86. The van der Waals surface area contributed by atoms with E-state index in [0.29, 0.717) is 32.5 Å². The Morgan fingerprint density at radius 1 is 1.35 bits per heavy atom. The number of likely N-dealkylation sites (tertiary alicyclic amines) is 1. The molecule has 10 heteroatoms. The molecular weight excluding hydrogens is 320 g/mol. The van der Waals surface area contributed by atoms with E-state index in [0.717, 1.165) is 14.9 Å². The molecule has 5 amide bonds. The van der Waals surface area contributed by atoms with Crippen LogP contribution in [-0.2, 0) is 11.3 Å². The second-order valence-corrected chi connectivity index (χ2v) is 7.00. The molecule has 2 aliphatic heterocycles. The molecule has 1 aromatic heterocycles. The predicted octanol–water partition coefficient (Wildman–Crippen LogP) is 0.0723. The van der Waals surface area contributed by atoms with Crippen LogP contribution >= 0.6 is 11.3 Å². The van der Waals surface area contributed by atoms with Crippen LogP contribution in [0.25, 0.3) is 0 Å². The van der Waals surface area contributed by atoms with Crippen molar-refractivity contribution in [1.29, 1.82) is 0 Å². The van der Waals surface area contributed by atoms with Crippen molar-refractivity contribution in [3.8, 4) is 0 Å². The number of nitrogens with one attached hydrogen (secondary N) is 2. The summed E-state index contributed by atoms with van der Waals surface area (Å²) >= 11 is 1.44. The maximum absolute atomic E-state index is 12.2. The normalized spacial score (nSPS) is 20.1. The predicted molar refractivity (Wildman–Crippen MR) is 81.7 cm³/mol. The summed E-state index contributed by atoms with van der Waals surface area (Å²) in [5.74, 6) is -0.216. The standard InChI is InChI=1S/C13H18N6O3S/c1-8-16-17-9(23-8)7-14-11(21)19-5-3-13(4-6-19)10(20)18(2)12(22)15-13/h3-7H2,1-2H3,(H,14,21)(H,15,22). The van der Waals surface area contributed by atoms with Crippen LogP contribution in [0.1, 0.15) is 22.9 Å². The minimum absolute atomic E-state index is 0.196. The summed E-state index contributed by atoms with van der Waals surface area (Å²) in [7, 11) is 1.47. The Hall–Kier alpha value is -2.23. The first-order valence-electron chi connectivity index (χ1n) is 7.33. The lowest BCUT2D eigenvalue weighted by atomic mass is 9.87. The maximum Gasteiger partial charge on any atom is 0.324 e. The molecule has 9 nitrogen and oxygen atoms in total. The lowest BCUT2D eigenvalue weighted by Gasteiger charge is -2.37. The zero-order valence-corrected chi connectivity index (χ0v) is 13.8. The van der Waals surface area contributed by atoms with E-state index in [9.17, 15) is 14.4 Å². The SMILES string of the molecule is Cc1nnc(CNC(=O)N2CCC3(CC2)NC(=O)N(C)C3=O)s1. The Bertz CT molecular complexity index is 652. The third-order valence-electron chi connectivity index (χ3n) is 4.23. The van der Waals surface area contributed by atoms with E-state index in [2.05, 4.69) is 20.8 Å². The number of carbonyl (C=O) groups is 3. The number of amides is 5. The largest absolute Gasteiger partial charge is 0.331 e. The van der Waals surface area contributed by atoms with Crippen molar-refractivity contribution in [2.45, 2.75) is 31.8 Å². The molecule has 3 heterocycles. The van der Waals surface area contributed by atoms with Gasteiger partial charge in [-0.15, -0.1) is 10.2 Å². The number of piperidine rings is 1. The minimum Gasteiger partial charge on any atom is -0.331 e. The summed E-state index contributed by atoms with van der Waals surface area (Å²) in [5, 5.41) is 15.0. The summed E-state index contributed by atoms with van der Waals surface area (Å²) in [5.41, 5.74) is -0.848. The van der Waals surface area contributed by atoms with Gasteiger partial charge in [0.25, 0.3) is 5.91 Å². The van der Waals surface area contributed by atoms with Crippen LogP contribution in [0.3, 0.4) is 0 Å². The number of aromatic nitrogens is 2. The topological polar surface area (TPSA) is 108 Å². The number of hydrogen-bond acceptors (Lipinski definition) is 6. The van der Waals surface area contributed by atoms with Crippen molar-refractivity contribution in [2.24, 2.45) is 0 Å². The Morgan fingerprint density at radius 3 is 2.57 bits per heavy atom. The number of hydrogen-bond donors (Lipinski definition) is 2. The van der Waals surface area contributed by atoms with Gasteiger partial charge in [0.15, 0.2) is 0 Å². The molecule has 2 saturated heterocycles. The van der Waals surface area contributed by atoms with Crippen LogP contribution in [0.5, 0.6) is 0 Å². The molecule has 0 bridgehead atoms. The molecule has 0 unspecified atom stereocenters. The maximum atomic E-state index is 12.2. The Morgan fingerprint density at radius 2 is 2.04 bits per heavy atom. The summed E-state index contributed by atoms with van der Waals surface area (Å²) in [6.45, 7) is 3.03. The summed E-state index contributed by atoms with van der Waals surface area (Å²) in [6, 6.07) is -0.572. The molecule has 23 heavy (non-hydrogen) atoms. The van der Waals surface area contributed by atoms with Crippen LogP contribution < -0.4 is 10.6 Å². The average Bonchev–Trinajstić information content (AvgIpc) is 3.04. The molecule has 0 aromatic carbocycles. The van der Waals surface area contributed by atoms with Gasteiger partial charge >= 0.3 is 12.1 Å². The molecule has 0 aliphatic carbocycles. The van der Waals surface area contributed by atoms with Crippen molar-refractivity contribution in [3.05, 3.63) is 10.0 Å². The van der Waals surface area contributed by atoms with Crippen LogP contribution in [0.15, 0.2) is 0 Å². The zero-order chi connectivity index (χ0) is 16.6. The second kappa shape index (κ2) is 5.76. The number of likely N-dealkylation sites (N-methyl/N-ethyl adjacent to an activating group) is 1. The van der Waals surface area contributed by atoms with Crippen molar-refractivity contribution in [2.75, 3.05) is 20.1 Å². The quantitative estimate of drug-likeness (QED) is 0.742. The highest BCUT2D eigenvalue weighted by molar-refractivity contribution is 7.11. The van der Waals surface area contributed by atoms with Gasteiger partial charge in [-0.1, -0.05) is 11.3 Å². The number of nitrogens with zero attached hydrogens (tertiary/aromatic N) is 4. The van der Waals surface area contributed by atoms with Gasteiger partial charge in [-0.05, 0) is 19.8 Å². The van der Waals surface area contributed by atoms with Crippen LogP contribution in [0, 0.1) is 6.92 Å². The first kappa shape index (κ1) is 15.7. The molecule has 2 aliphatic rings.